The van der Waals surface area contributed by atoms with Crippen LogP contribution in [-0.2, 0) is 16.4 Å². The van der Waals surface area contributed by atoms with E-state index >= 15 is 0 Å². The monoisotopic (exact) mass is 403 g/mol. The molecule has 1 fully saturated rings. The average Bonchev–Trinajstić information content (AvgIpc) is 2.97. The molecule has 1 saturated heterocycles. The van der Waals surface area contributed by atoms with Crippen molar-refractivity contribution < 1.29 is 17.9 Å². The number of hydrogen-bond donors (Lipinski definition) is 0. The number of pyridine rings is 1. The van der Waals surface area contributed by atoms with Gasteiger partial charge in [-0.15, -0.1) is 0 Å². The molecule has 2 aliphatic rings. The minimum atomic E-state index is -3.54. The number of fused-ring (bicyclic) bond motifs is 1. The SMILES string of the molecule is CN1CCN(S(=O)(=O)c2ccc(Oc3cccc4c3OC(C)(C)C4)nc2)CC1. The van der Waals surface area contributed by atoms with E-state index in [2.05, 4.69) is 9.88 Å². The number of aromatic nitrogens is 1. The standard InChI is InChI=1S/C20H25N3O4S/c1-20(2)13-15-5-4-6-17(19(15)27-20)26-18-8-7-16(14-21-18)28(24,25)23-11-9-22(3)10-12-23/h4-8,14H,9-13H2,1-3H3. The lowest BCUT2D eigenvalue weighted by Crippen LogP contribution is -2.47. The average molecular weight is 404 g/mol. The molecule has 0 atom stereocenters. The van der Waals surface area contributed by atoms with Crippen LogP contribution in [0.15, 0.2) is 41.4 Å². The number of likely N-dealkylation sites (N-methyl/N-ethyl adjacent to an activating group) is 1. The number of nitrogens with zero attached hydrogens (tertiary/aromatic N) is 3. The highest BCUT2D eigenvalue weighted by Crippen LogP contribution is 2.43. The first-order valence-corrected chi connectivity index (χ1v) is 10.8. The second-order valence-electron chi connectivity index (χ2n) is 7.92. The quantitative estimate of drug-likeness (QED) is 0.781. The largest absolute Gasteiger partial charge is 0.483 e. The lowest BCUT2D eigenvalue weighted by molar-refractivity contribution is 0.135. The van der Waals surface area contributed by atoms with E-state index in [1.165, 1.54) is 10.5 Å². The first-order valence-electron chi connectivity index (χ1n) is 9.38. The molecule has 1 aromatic carbocycles. The van der Waals surface area contributed by atoms with E-state index in [1.54, 1.807) is 12.1 Å². The topological polar surface area (TPSA) is 72.0 Å². The number of hydrogen-bond acceptors (Lipinski definition) is 6. The zero-order valence-electron chi connectivity index (χ0n) is 16.4. The van der Waals surface area contributed by atoms with E-state index in [9.17, 15) is 8.42 Å². The molecule has 0 radical (unpaired) electrons. The summed E-state index contributed by atoms with van der Waals surface area (Å²) < 4.78 is 39.0. The Morgan fingerprint density at radius 3 is 2.54 bits per heavy atom. The van der Waals surface area contributed by atoms with Gasteiger partial charge in [-0.2, -0.15) is 4.31 Å². The summed E-state index contributed by atoms with van der Waals surface area (Å²) in [5.41, 5.74) is 0.826. The van der Waals surface area contributed by atoms with Gasteiger partial charge >= 0.3 is 0 Å². The van der Waals surface area contributed by atoms with E-state index in [0.29, 0.717) is 24.7 Å². The Hall–Kier alpha value is -2.16. The Bertz CT molecular complexity index is 965. The molecule has 0 saturated carbocycles. The number of piperazine rings is 1. The Kier molecular flexibility index (Phi) is 4.81. The molecule has 1 aromatic heterocycles. The van der Waals surface area contributed by atoms with Crippen molar-refractivity contribution in [2.75, 3.05) is 33.2 Å². The minimum Gasteiger partial charge on any atom is -0.483 e. The summed E-state index contributed by atoms with van der Waals surface area (Å²) in [4.78, 5) is 6.51. The maximum atomic E-state index is 12.8. The smallest absolute Gasteiger partial charge is 0.244 e. The van der Waals surface area contributed by atoms with Gasteiger partial charge in [0.2, 0.25) is 15.9 Å². The molecule has 0 spiro atoms. The predicted molar refractivity (Wildman–Crippen MR) is 105 cm³/mol. The summed E-state index contributed by atoms with van der Waals surface area (Å²) >= 11 is 0. The molecular weight excluding hydrogens is 378 g/mol. The zero-order chi connectivity index (χ0) is 19.9. The molecule has 8 heteroatoms. The third-order valence-electron chi connectivity index (χ3n) is 5.08. The molecular formula is C20H25N3O4S. The summed E-state index contributed by atoms with van der Waals surface area (Å²) in [5, 5.41) is 0. The molecule has 2 aliphatic heterocycles. The predicted octanol–water partition coefficient (Wildman–Crippen LogP) is 2.52. The molecule has 3 heterocycles. The van der Waals surface area contributed by atoms with Crippen molar-refractivity contribution in [3.05, 3.63) is 42.1 Å². The number of rotatable bonds is 4. The Labute approximate surface area is 165 Å². The van der Waals surface area contributed by atoms with Crippen LogP contribution in [-0.4, -0.2) is 61.4 Å². The van der Waals surface area contributed by atoms with Gasteiger partial charge in [0.1, 0.15) is 10.5 Å². The van der Waals surface area contributed by atoms with Crippen molar-refractivity contribution in [2.24, 2.45) is 0 Å². The van der Waals surface area contributed by atoms with Crippen LogP contribution in [0.25, 0.3) is 0 Å². The Morgan fingerprint density at radius 1 is 1.11 bits per heavy atom. The molecule has 2 aromatic rings. The lowest BCUT2D eigenvalue weighted by atomic mass is 10.0. The second-order valence-corrected chi connectivity index (χ2v) is 9.86. The van der Waals surface area contributed by atoms with Crippen molar-refractivity contribution in [1.29, 1.82) is 0 Å². The van der Waals surface area contributed by atoms with Crippen LogP contribution in [0.5, 0.6) is 17.4 Å². The first kappa shape index (κ1) is 19.2. The van der Waals surface area contributed by atoms with Crippen molar-refractivity contribution in [3.8, 4) is 17.4 Å². The summed E-state index contributed by atoms with van der Waals surface area (Å²) in [7, 11) is -1.55. The summed E-state index contributed by atoms with van der Waals surface area (Å²) in [6.07, 6.45) is 2.17. The van der Waals surface area contributed by atoms with Crippen LogP contribution in [0.2, 0.25) is 0 Å². The van der Waals surface area contributed by atoms with Gasteiger partial charge in [-0.3, -0.25) is 0 Å². The van der Waals surface area contributed by atoms with E-state index < -0.39 is 10.0 Å². The molecule has 0 unspecified atom stereocenters. The highest BCUT2D eigenvalue weighted by Gasteiger charge is 2.32. The fourth-order valence-corrected chi connectivity index (χ4v) is 4.91. The maximum absolute atomic E-state index is 12.8. The van der Waals surface area contributed by atoms with Gasteiger partial charge in [0.05, 0.1) is 6.20 Å². The highest BCUT2D eigenvalue weighted by atomic mass is 32.2. The maximum Gasteiger partial charge on any atom is 0.244 e. The van der Waals surface area contributed by atoms with Crippen molar-refractivity contribution >= 4 is 10.0 Å². The van der Waals surface area contributed by atoms with Crippen LogP contribution in [0.1, 0.15) is 19.4 Å². The molecule has 0 amide bonds. The van der Waals surface area contributed by atoms with Gasteiger partial charge in [-0.05, 0) is 33.0 Å². The van der Waals surface area contributed by atoms with Crippen LogP contribution >= 0.6 is 0 Å². The molecule has 0 N–H and O–H groups in total. The highest BCUT2D eigenvalue weighted by molar-refractivity contribution is 7.89. The summed E-state index contributed by atoms with van der Waals surface area (Å²) in [6.45, 7) is 6.49. The van der Waals surface area contributed by atoms with Crippen LogP contribution in [0, 0.1) is 0 Å². The van der Waals surface area contributed by atoms with Crippen LogP contribution in [0.4, 0.5) is 0 Å². The van der Waals surface area contributed by atoms with E-state index in [0.717, 1.165) is 30.8 Å². The Morgan fingerprint density at radius 2 is 1.86 bits per heavy atom. The lowest BCUT2D eigenvalue weighted by Gasteiger charge is -2.31. The van der Waals surface area contributed by atoms with Crippen molar-refractivity contribution in [1.82, 2.24) is 14.2 Å². The number of para-hydroxylation sites is 1. The summed E-state index contributed by atoms with van der Waals surface area (Å²) in [5.74, 6) is 1.65. The molecule has 28 heavy (non-hydrogen) atoms. The van der Waals surface area contributed by atoms with Crippen molar-refractivity contribution in [2.45, 2.75) is 30.8 Å². The zero-order valence-corrected chi connectivity index (χ0v) is 17.2. The third-order valence-corrected chi connectivity index (χ3v) is 6.96. The van der Waals surface area contributed by atoms with E-state index in [-0.39, 0.29) is 10.5 Å². The van der Waals surface area contributed by atoms with Gasteiger partial charge < -0.3 is 14.4 Å². The summed E-state index contributed by atoms with van der Waals surface area (Å²) in [6, 6.07) is 8.91. The fourth-order valence-electron chi connectivity index (χ4n) is 3.54. The van der Waals surface area contributed by atoms with Gasteiger partial charge in [-0.1, -0.05) is 12.1 Å². The van der Waals surface area contributed by atoms with Crippen molar-refractivity contribution in [3.63, 3.8) is 0 Å². The van der Waals surface area contributed by atoms with E-state index in [4.69, 9.17) is 9.47 Å². The molecule has 0 aliphatic carbocycles. The first-order chi connectivity index (χ1) is 13.2. The van der Waals surface area contributed by atoms with Gasteiger partial charge in [0.15, 0.2) is 11.5 Å². The normalized spacial score (nSPS) is 19.8. The van der Waals surface area contributed by atoms with E-state index in [1.807, 2.05) is 39.1 Å². The van der Waals surface area contributed by atoms with Gasteiger partial charge in [0, 0.05) is 44.2 Å². The number of ether oxygens (including phenoxy) is 2. The van der Waals surface area contributed by atoms with Gasteiger partial charge in [0.25, 0.3) is 0 Å². The van der Waals surface area contributed by atoms with Gasteiger partial charge in [-0.25, -0.2) is 13.4 Å². The Balaban J connectivity index is 1.52. The van der Waals surface area contributed by atoms with Crippen LogP contribution in [0.3, 0.4) is 0 Å². The molecule has 4 rings (SSSR count). The number of sulfonamides is 1. The van der Waals surface area contributed by atoms with Crippen LogP contribution < -0.4 is 9.47 Å². The molecule has 7 nitrogen and oxygen atoms in total. The fraction of sp³-hybridized carbons (Fsp3) is 0.450. The molecule has 150 valence electrons. The number of benzene rings is 1. The second kappa shape index (κ2) is 7.02. The minimum absolute atomic E-state index is 0.181. The molecule has 0 bridgehead atoms. The third kappa shape index (κ3) is 3.72.